The topological polar surface area (TPSA) is 67.9 Å². The average Bonchev–Trinajstić information content (AvgIpc) is 2.75. The molecule has 8 heteroatoms. The molecular formula is C22H24F2N2O4. The first kappa shape index (κ1) is 21.5. The Balaban J connectivity index is 1.75. The Bertz CT molecular complexity index is 877. The van der Waals surface area contributed by atoms with Crippen molar-refractivity contribution in [2.24, 2.45) is 0 Å². The zero-order chi connectivity index (χ0) is 21.5. The van der Waals surface area contributed by atoms with Crippen LogP contribution in [0.3, 0.4) is 0 Å². The maximum absolute atomic E-state index is 13.1. The number of halogens is 2. The average molecular weight is 418 g/mol. The van der Waals surface area contributed by atoms with Crippen LogP contribution in [0.2, 0.25) is 0 Å². The van der Waals surface area contributed by atoms with Crippen molar-refractivity contribution in [1.82, 2.24) is 10.2 Å². The van der Waals surface area contributed by atoms with E-state index in [9.17, 15) is 18.4 Å². The van der Waals surface area contributed by atoms with Crippen LogP contribution < -0.4 is 14.8 Å². The van der Waals surface area contributed by atoms with Crippen LogP contribution in [0.25, 0.3) is 0 Å². The van der Waals surface area contributed by atoms with Crippen LogP contribution in [0, 0.1) is 0 Å². The lowest BCUT2D eigenvalue weighted by atomic mass is 10.0. The van der Waals surface area contributed by atoms with Gasteiger partial charge in [-0.15, -0.1) is 0 Å². The van der Waals surface area contributed by atoms with Gasteiger partial charge in [0.1, 0.15) is 6.04 Å². The van der Waals surface area contributed by atoms with Crippen molar-refractivity contribution in [3.05, 3.63) is 59.7 Å². The van der Waals surface area contributed by atoms with Gasteiger partial charge in [0.25, 0.3) is 0 Å². The molecule has 0 radical (unpaired) electrons. The molecule has 2 amide bonds. The van der Waals surface area contributed by atoms with Crippen molar-refractivity contribution >= 4 is 11.8 Å². The fourth-order valence-electron chi connectivity index (χ4n) is 3.51. The maximum atomic E-state index is 13.1. The van der Waals surface area contributed by atoms with Gasteiger partial charge in [-0.1, -0.05) is 36.4 Å². The summed E-state index contributed by atoms with van der Waals surface area (Å²) in [7, 11) is 1.35. The number of alkyl halides is 2. The van der Waals surface area contributed by atoms with Crippen LogP contribution in [0.15, 0.2) is 48.5 Å². The highest BCUT2D eigenvalue weighted by Gasteiger charge is 2.32. The molecule has 1 aliphatic heterocycles. The van der Waals surface area contributed by atoms with Crippen molar-refractivity contribution < 1.29 is 27.8 Å². The third-order valence-corrected chi connectivity index (χ3v) is 4.95. The van der Waals surface area contributed by atoms with Gasteiger partial charge in [0.2, 0.25) is 11.8 Å². The number of carbonyl (C=O) groups is 2. The second-order valence-electron chi connectivity index (χ2n) is 6.94. The summed E-state index contributed by atoms with van der Waals surface area (Å²) in [6, 6.07) is 12.9. The normalized spacial score (nSPS) is 15.1. The van der Waals surface area contributed by atoms with Gasteiger partial charge in [-0.2, -0.15) is 8.78 Å². The fraction of sp³-hybridized carbons (Fsp3) is 0.364. The molecule has 1 aliphatic rings. The minimum absolute atomic E-state index is 0.0413. The molecule has 0 saturated carbocycles. The largest absolute Gasteiger partial charge is 0.493 e. The number of nitrogens with one attached hydrogen (secondary N) is 1. The quantitative estimate of drug-likeness (QED) is 0.710. The number of benzene rings is 2. The van der Waals surface area contributed by atoms with Gasteiger partial charge in [0.15, 0.2) is 11.5 Å². The Labute approximate surface area is 173 Å². The second-order valence-corrected chi connectivity index (χ2v) is 6.94. The number of amides is 2. The maximum Gasteiger partial charge on any atom is 0.387 e. The van der Waals surface area contributed by atoms with Crippen molar-refractivity contribution in [3.63, 3.8) is 0 Å². The van der Waals surface area contributed by atoms with E-state index in [1.54, 1.807) is 11.0 Å². The highest BCUT2D eigenvalue weighted by molar-refractivity contribution is 5.89. The third-order valence-electron chi connectivity index (χ3n) is 4.95. The molecule has 1 fully saturated rings. The summed E-state index contributed by atoms with van der Waals surface area (Å²) in [6.07, 6.45) is 2.11. The van der Waals surface area contributed by atoms with E-state index in [-0.39, 0.29) is 29.9 Å². The Morgan fingerprint density at radius 2 is 1.90 bits per heavy atom. The molecule has 160 valence electrons. The van der Waals surface area contributed by atoms with Crippen LogP contribution in [-0.2, 0) is 16.1 Å². The molecule has 1 unspecified atom stereocenters. The summed E-state index contributed by atoms with van der Waals surface area (Å²) in [5.41, 5.74) is 1.39. The van der Waals surface area contributed by atoms with Crippen molar-refractivity contribution in [1.29, 1.82) is 0 Å². The van der Waals surface area contributed by atoms with Gasteiger partial charge in [0.05, 0.1) is 7.11 Å². The number of nitrogens with zero attached hydrogens (tertiary/aromatic N) is 1. The SMILES string of the molecule is COc1cc(CNC(=O)C(c2ccccc2)N2CCCCC2=O)ccc1OC(F)F. The van der Waals surface area contributed by atoms with E-state index in [4.69, 9.17) is 4.74 Å². The van der Waals surface area contributed by atoms with Crippen LogP contribution in [0.5, 0.6) is 11.5 Å². The van der Waals surface area contributed by atoms with Crippen molar-refractivity contribution in [3.8, 4) is 11.5 Å². The van der Waals surface area contributed by atoms with Gasteiger partial charge in [0, 0.05) is 19.5 Å². The minimum atomic E-state index is -2.96. The van der Waals surface area contributed by atoms with E-state index in [0.29, 0.717) is 18.5 Å². The molecule has 1 saturated heterocycles. The van der Waals surface area contributed by atoms with Crippen LogP contribution in [-0.4, -0.2) is 37.0 Å². The van der Waals surface area contributed by atoms with Gasteiger partial charge in [-0.05, 0) is 36.1 Å². The highest BCUT2D eigenvalue weighted by Crippen LogP contribution is 2.30. The number of hydrogen-bond donors (Lipinski definition) is 1. The molecule has 0 aliphatic carbocycles. The summed E-state index contributed by atoms with van der Waals surface area (Å²) in [5.74, 6) is -0.278. The standard InChI is InChI=1S/C22H24F2N2O4/c1-29-18-13-15(10-11-17(18)30-22(23)24)14-25-21(28)20(16-7-3-2-4-8-16)26-12-6-5-9-19(26)27/h2-4,7-8,10-11,13,20,22H,5-6,9,12,14H2,1H3,(H,25,28). The lowest BCUT2D eigenvalue weighted by molar-refractivity contribution is -0.142. The van der Waals surface area contributed by atoms with E-state index in [1.165, 1.54) is 19.2 Å². The molecule has 30 heavy (non-hydrogen) atoms. The minimum Gasteiger partial charge on any atom is -0.493 e. The number of rotatable bonds is 8. The zero-order valence-electron chi connectivity index (χ0n) is 16.6. The first-order valence-electron chi connectivity index (χ1n) is 9.73. The van der Waals surface area contributed by atoms with Crippen molar-refractivity contribution in [2.75, 3.05) is 13.7 Å². The van der Waals surface area contributed by atoms with Gasteiger partial charge in [-0.25, -0.2) is 0 Å². The highest BCUT2D eigenvalue weighted by atomic mass is 19.3. The van der Waals surface area contributed by atoms with Crippen LogP contribution >= 0.6 is 0 Å². The molecule has 3 rings (SSSR count). The number of methoxy groups -OCH3 is 1. The Kier molecular flexibility index (Phi) is 7.21. The molecule has 6 nitrogen and oxygen atoms in total. The molecular weight excluding hydrogens is 394 g/mol. The molecule has 1 N–H and O–H groups in total. The molecule has 0 aromatic heterocycles. The fourth-order valence-corrected chi connectivity index (χ4v) is 3.51. The molecule has 2 aromatic rings. The molecule has 0 bridgehead atoms. The Hall–Kier alpha value is -3.16. The van der Waals surface area contributed by atoms with Gasteiger partial charge in [-0.3, -0.25) is 9.59 Å². The van der Waals surface area contributed by atoms with Crippen LogP contribution in [0.4, 0.5) is 8.78 Å². The second kappa shape index (κ2) is 10.0. The smallest absolute Gasteiger partial charge is 0.387 e. The lowest BCUT2D eigenvalue weighted by Gasteiger charge is -2.34. The summed E-state index contributed by atoms with van der Waals surface area (Å²) >= 11 is 0. The van der Waals surface area contributed by atoms with E-state index < -0.39 is 12.7 Å². The van der Waals surface area contributed by atoms with Gasteiger partial charge >= 0.3 is 6.61 Å². The van der Waals surface area contributed by atoms with E-state index in [0.717, 1.165) is 18.4 Å². The number of likely N-dealkylation sites (tertiary alicyclic amines) is 1. The molecule has 1 heterocycles. The lowest BCUT2D eigenvalue weighted by Crippen LogP contribution is -2.45. The predicted octanol–water partition coefficient (Wildman–Crippen LogP) is 3.67. The van der Waals surface area contributed by atoms with Gasteiger partial charge < -0.3 is 19.7 Å². The first-order valence-corrected chi connectivity index (χ1v) is 9.73. The Morgan fingerprint density at radius 3 is 2.57 bits per heavy atom. The summed E-state index contributed by atoms with van der Waals surface area (Å²) < 4.78 is 34.5. The van der Waals surface area contributed by atoms with Crippen LogP contribution in [0.1, 0.15) is 36.4 Å². The van der Waals surface area contributed by atoms with E-state index in [1.807, 2.05) is 30.3 Å². The summed E-state index contributed by atoms with van der Waals surface area (Å²) in [4.78, 5) is 27.1. The van der Waals surface area contributed by atoms with Crippen molar-refractivity contribution in [2.45, 2.75) is 38.5 Å². The number of piperidine rings is 1. The third kappa shape index (κ3) is 5.25. The predicted molar refractivity (Wildman–Crippen MR) is 106 cm³/mol. The molecule has 1 atom stereocenters. The number of hydrogen-bond acceptors (Lipinski definition) is 4. The summed E-state index contributed by atoms with van der Waals surface area (Å²) in [5, 5.41) is 2.85. The monoisotopic (exact) mass is 418 g/mol. The summed E-state index contributed by atoms with van der Waals surface area (Å²) in [6.45, 7) is -2.28. The van der Waals surface area contributed by atoms with E-state index in [2.05, 4.69) is 10.1 Å². The Morgan fingerprint density at radius 1 is 1.13 bits per heavy atom. The molecule has 0 spiro atoms. The number of ether oxygens (including phenoxy) is 2. The van der Waals surface area contributed by atoms with E-state index >= 15 is 0 Å². The zero-order valence-corrected chi connectivity index (χ0v) is 16.6. The first-order chi connectivity index (χ1) is 14.5. The number of carbonyl (C=O) groups excluding carboxylic acids is 2. The molecule has 2 aromatic carbocycles.